The van der Waals surface area contributed by atoms with E-state index in [0.29, 0.717) is 12.3 Å². The Morgan fingerprint density at radius 1 is 1.60 bits per heavy atom. The third kappa shape index (κ3) is 3.21. The van der Waals surface area contributed by atoms with Crippen LogP contribution in [0, 0.1) is 0 Å². The summed E-state index contributed by atoms with van der Waals surface area (Å²) in [6.45, 7) is 2.64. The number of aliphatic hydroxyl groups excluding tert-OH is 1. The molecule has 0 spiro atoms. The number of aliphatic hydroxyl groups is 1. The van der Waals surface area contributed by atoms with Crippen LogP contribution in [-0.2, 0) is 11.3 Å². The molecule has 0 bridgehead atoms. The Bertz CT molecular complexity index is 567. The summed E-state index contributed by atoms with van der Waals surface area (Å²) in [5, 5.41) is 28.3. The molecule has 20 heavy (non-hydrogen) atoms. The van der Waals surface area contributed by atoms with Crippen LogP contribution in [-0.4, -0.2) is 50.5 Å². The Morgan fingerprint density at radius 2 is 2.40 bits per heavy atom. The van der Waals surface area contributed by atoms with Gasteiger partial charge in [-0.2, -0.15) is 0 Å². The van der Waals surface area contributed by atoms with Crippen molar-refractivity contribution in [2.24, 2.45) is 0 Å². The maximum atomic E-state index is 11.2. The number of thiophene rings is 1. The van der Waals surface area contributed by atoms with Crippen molar-refractivity contribution in [1.29, 1.82) is 0 Å². The lowest BCUT2D eigenvalue weighted by Gasteiger charge is -2.11. The average molecular weight is 297 g/mol. The van der Waals surface area contributed by atoms with Crippen LogP contribution in [0.25, 0.3) is 10.6 Å². The SMILES string of the molecule is CCOCC(O)Cn1nnc(C(=O)O)c1-c1cccs1. The minimum Gasteiger partial charge on any atom is -0.476 e. The van der Waals surface area contributed by atoms with Gasteiger partial charge in [0.05, 0.1) is 24.1 Å². The largest absolute Gasteiger partial charge is 0.476 e. The fourth-order valence-electron chi connectivity index (χ4n) is 1.75. The number of hydrogen-bond donors (Lipinski definition) is 2. The monoisotopic (exact) mass is 297 g/mol. The molecular weight excluding hydrogens is 282 g/mol. The number of aromatic carboxylic acids is 1. The van der Waals surface area contributed by atoms with Gasteiger partial charge in [0.1, 0.15) is 5.69 Å². The number of carboxylic acids is 1. The zero-order valence-corrected chi connectivity index (χ0v) is 11.7. The number of nitrogens with zero attached hydrogens (tertiary/aromatic N) is 3. The maximum absolute atomic E-state index is 11.2. The molecule has 0 aliphatic carbocycles. The van der Waals surface area contributed by atoms with Gasteiger partial charge >= 0.3 is 5.97 Å². The van der Waals surface area contributed by atoms with Crippen LogP contribution in [0.5, 0.6) is 0 Å². The molecule has 0 saturated heterocycles. The van der Waals surface area contributed by atoms with Crippen LogP contribution in [0.3, 0.4) is 0 Å². The Balaban J connectivity index is 2.27. The summed E-state index contributed by atoms with van der Waals surface area (Å²) in [5.41, 5.74) is 0.291. The van der Waals surface area contributed by atoms with Gasteiger partial charge in [0.25, 0.3) is 0 Å². The molecule has 0 aliphatic heterocycles. The quantitative estimate of drug-likeness (QED) is 0.794. The van der Waals surface area contributed by atoms with Crippen molar-refractivity contribution in [2.75, 3.05) is 13.2 Å². The van der Waals surface area contributed by atoms with Gasteiger partial charge < -0.3 is 14.9 Å². The highest BCUT2D eigenvalue weighted by atomic mass is 32.1. The molecule has 0 amide bonds. The molecule has 108 valence electrons. The fourth-order valence-corrected chi connectivity index (χ4v) is 2.52. The van der Waals surface area contributed by atoms with Crippen molar-refractivity contribution < 1.29 is 19.7 Å². The molecule has 0 radical (unpaired) electrons. The molecule has 1 unspecified atom stereocenters. The maximum Gasteiger partial charge on any atom is 0.358 e. The summed E-state index contributed by atoms with van der Waals surface area (Å²) in [4.78, 5) is 11.9. The van der Waals surface area contributed by atoms with Gasteiger partial charge in [0.15, 0.2) is 5.69 Å². The standard InChI is InChI=1S/C12H15N3O4S/c1-2-19-7-8(16)6-15-11(9-4-3-5-20-9)10(12(17)18)13-14-15/h3-5,8,16H,2,6-7H2,1H3,(H,17,18). The molecule has 2 aromatic rings. The van der Waals surface area contributed by atoms with E-state index in [0.717, 1.165) is 4.88 Å². The van der Waals surface area contributed by atoms with E-state index >= 15 is 0 Å². The average Bonchev–Trinajstić information content (AvgIpc) is 3.04. The third-order valence-corrected chi connectivity index (χ3v) is 3.47. The van der Waals surface area contributed by atoms with Crippen LogP contribution >= 0.6 is 11.3 Å². The van der Waals surface area contributed by atoms with Crippen molar-refractivity contribution >= 4 is 17.3 Å². The van der Waals surface area contributed by atoms with Crippen molar-refractivity contribution in [1.82, 2.24) is 15.0 Å². The van der Waals surface area contributed by atoms with Gasteiger partial charge in [-0.15, -0.1) is 16.4 Å². The summed E-state index contributed by atoms with van der Waals surface area (Å²) < 4.78 is 6.53. The topological polar surface area (TPSA) is 97.5 Å². The van der Waals surface area contributed by atoms with E-state index in [4.69, 9.17) is 9.84 Å². The number of rotatable bonds is 7. The Labute approximate surface area is 119 Å². The molecule has 2 N–H and O–H groups in total. The lowest BCUT2D eigenvalue weighted by atomic mass is 10.2. The van der Waals surface area contributed by atoms with E-state index in [2.05, 4.69) is 10.3 Å². The highest BCUT2D eigenvalue weighted by Gasteiger charge is 2.22. The second kappa shape index (κ2) is 6.60. The molecule has 0 aliphatic rings. The molecule has 0 fully saturated rings. The van der Waals surface area contributed by atoms with Gasteiger partial charge in [-0.05, 0) is 18.4 Å². The van der Waals surface area contributed by atoms with Crippen molar-refractivity contribution in [3.63, 3.8) is 0 Å². The smallest absolute Gasteiger partial charge is 0.358 e. The van der Waals surface area contributed by atoms with E-state index in [1.165, 1.54) is 16.0 Å². The van der Waals surface area contributed by atoms with Crippen molar-refractivity contribution in [3.8, 4) is 10.6 Å². The first-order valence-electron chi connectivity index (χ1n) is 6.10. The number of aromatic nitrogens is 3. The first-order chi connectivity index (χ1) is 9.63. The van der Waals surface area contributed by atoms with Crippen molar-refractivity contribution in [3.05, 3.63) is 23.2 Å². The molecule has 2 aromatic heterocycles. The number of ether oxygens (including phenoxy) is 1. The highest BCUT2D eigenvalue weighted by Crippen LogP contribution is 2.27. The number of carbonyl (C=O) groups is 1. The van der Waals surface area contributed by atoms with Crippen LogP contribution in [0.2, 0.25) is 0 Å². The van der Waals surface area contributed by atoms with Gasteiger partial charge in [-0.3, -0.25) is 0 Å². The lowest BCUT2D eigenvalue weighted by Crippen LogP contribution is -2.23. The second-order valence-electron chi connectivity index (χ2n) is 4.06. The van der Waals surface area contributed by atoms with Crippen LogP contribution in [0.15, 0.2) is 17.5 Å². The molecule has 1 atom stereocenters. The Morgan fingerprint density at radius 3 is 3.00 bits per heavy atom. The molecule has 2 rings (SSSR count). The van der Waals surface area contributed by atoms with E-state index in [-0.39, 0.29) is 18.8 Å². The normalized spacial score (nSPS) is 12.5. The summed E-state index contributed by atoms with van der Waals surface area (Å²) in [5.74, 6) is -1.14. The summed E-state index contributed by atoms with van der Waals surface area (Å²) in [6.07, 6.45) is -0.767. The first kappa shape index (κ1) is 14.6. The van der Waals surface area contributed by atoms with Crippen LogP contribution < -0.4 is 0 Å². The minimum atomic E-state index is -1.14. The van der Waals surface area contributed by atoms with Gasteiger partial charge in [0, 0.05) is 6.61 Å². The highest BCUT2D eigenvalue weighted by molar-refractivity contribution is 7.13. The van der Waals surface area contributed by atoms with Crippen LogP contribution in [0.4, 0.5) is 0 Å². The Hall–Kier alpha value is -1.77. The summed E-state index contributed by atoms with van der Waals surface area (Å²) in [6, 6.07) is 3.61. The first-order valence-corrected chi connectivity index (χ1v) is 6.98. The fraction of sp³-hybridized carbons (Fsp3) is 0.417. The minimum absolute atomic E-state index is 0.115. The van der Waals surface area contributed by atoms with Crippen LogP contribution in [0.1, 0.15) is 17.4 Å². The van der Waals surface area contributed by atoms with Gasteiger partial charge in [0.2, 0.25) is 0 Å². The molecule has 0 aromatic carbocycles. The van der Waals surface area contributed by atoms with E-state index in [9.17, 15) is 9.90 Å². The zero-order chi connectivity index (χ0) is 14.5. The second-order valence-corrected chi connectivity index (χ2v) is 5.01. The number of carboxylic acid groups (broad SMARTS) is 1. The van der Waals surface area contributed by atoms with Gasteiger partial charge in [-0.1, -0.05) is 11.3 Å². The van der Waals surface area contributed by atoms with Crippen molar-refractivity contribution in [2.45, 2.75) is 19.6 Å². The third-order valence-electron chi connectivity index (χ3n) is 2.59. The van der Waals surface area contributed by atoms with E-state index in [1.54, 1.807) is 6.07 Å². The zero-order valence-electron chi connectivity index (χ0n) is 10.9. The Kier molecular flexibility index (Phi) is 4.83. The van der Waals surface area contributed by atoms with E-state index < -0.39 is 12.1 Å². The molecule has 7 nitrogen and oxygen atoms in total. The predicted molar refractivity (Wildman–Crippen MR) is 72.8 cm³/mol. The molecule has 0 saturated carbocycles. The number of hydrogen-bond acceptors (Lipinski definition) is 6. The van der Waals surface area contributed by atoms with E-state index in [1.807, 2.05) is 18.4 Å². The summed E-state index contributed by atoms with van der Waals surface area (Å²) in [7, 11) is 0. The molecule has 8 heteroatoms. The predicted octanol–water partition coefficient (Wildman–Crippen LogP) is 1.10. The molecular formula is C12H15N3O4S. The molecule has 2 heterocycles. The summed E-state index contributed by atoms with van der Waals surface area (Å²) >= 11 is 1.39. The lowest BCUT2D eigenvalue weighted by molar-refractivity contribution is 0.0316. The van der Waals surface area contributed by atoms with Gasteiger partial charge in [-0.25, -0.2) is 9.48 Å².